The van der Waals surface area contributed by atoms with Gasteiger partial charge in [-0.25, -0.2) is 0 Å². The van der Waals surface area contributed by atoms with Crippen LogP contribution in [0.15, 0.2) is 36.4 Å². The molecular weight excluding hydrogens is 210 g/mol. The summed E-state index contributed by atoms with van der Waals surface area (Å²) >= 11 is 0. The summed E-state index contributed by atoms with van der Waals surface area (Å²) in [5, 5.41) is 6.21. The van der Waals surface area contributed by atoms with Gasteiger partial charge in [0, 0.05) is 6.54 Å². The summed E-state index contributed by atoms with van der Waals surface area (Å²) in [5.74, 6) is 0. The molecule has 0 radical (unpaired) electrons. The van der Waals surface area contributed by atoms with Gasteiger partial charge >= 0.3 is 0 Å². The predicted molar refractivity (Wildman–Crippen MR) is 70.2 cm³/mol. The van der Waals surface area contributed by atoms with Crippen molar-refractivity contribution >= 4 is 10.8 Å². The molecule has 0 aromatic heterocycles. The molecule has 1 saturated heterocycles. The third kappa shape index (κ3) is 1.94. The van der Waals surface area contributed by atoms with Crippen molar-refractivity contribution in [1.82, 2.24) is 5.32 Å². The minimum Gasteiger partial charge on any atom is -0.378 e. The minimum atomic E-state index is 0.328. The van der Waals surface area contributed by atoms with Crippen molar-refractivity contribution in [2.45, 2.75) is 13.0 Å². The van der Waals surface area contributed by atoms with Gasteiger partial charge in [-0.3, -0.25) is 0 Å². The van der Waals surface area contributed by atoms with E-state index in [1.165, 1.54) is 21.9 Å². The fourth-order valence-electron chi connectivity index (χ4n) is 2.54. The van der Waals surface area contributed by atoms with Crippen LogP contribution in [0.25, 0.3) is 10.8 Å². The maximum Gasteiger partial charge on any atom is 0.0662 e. The highest BCUT2D eigenvalue weighted by molar-refractivity contribution is 5.88. The van der Waals surface area contributed by atoms with Gasteiger partial charge in [0.05, 0.1) is 19.3 Å². The van der Waals surface area contributed by atoms with Crippen molar-refractivity contribution in [3.05, 3.63) is 47.5 Å². The van der Waals surface area contributed by atoms with Crippen LogP contribution < -0.4 is 5.32 Å². The summed E-state index contributed by atoms with van der Waals surface area (Å²) in [7, 11) is 0. The summed E-state index contributed by atoms with van der Waals surface area (Å²) in [6.45, 7) is 4.69. The largest absolute Gasteiger partial charge is 0.378 e. The number of benzene rings is 2. The van der Waals surface area contributed by atoms with Crippen molar-refractivity contribution in [3.8, 4) is 0 Å². The van der Waals surface area contributed by atoms with E-state index in [0.29, 0.717) is 6.04 Å². The Labute approximate surface area is 102 Å². The molecule has 17 heavy (non-hydrogen) atoms. The smallest absolute Gasteiger partial charge is 0.0662 e. The zero-order valence-corrected chi connectivity index (χ0v) is 10.1. The van der Waals surface area contributed by atoms with E-state index in [0.717, 1.165) is 19.8 Å². The molecule has 1 atom stereocenters. The van der Waals surface area contributed by atoms with Gasteiger partial charge in [-0.05, 0) is 28.8 Å². The maximum atomic E-state index is 5.55. The molecule has 0 unspecified atom stereocenters. The van der Waals surface area contributed by atoms with E-state index in [9.17, 15) is 0 Å². The zero-order chi connectivity index (χ0) is 11.7. The Balaban J connectivity index is 2.12. The molecule has 1 N–H and O–H groups in total. The molecule has 0 saturated carbocycles. The van der Waals surface area contributed by atoms with E-state index >= 15 is 0 Å². The highest BCUT2D eigenvalue weighted by Gasteiger charge is 2.17. The number of aryl methyl sites for hydroxylation is 1. The first-order chi connectivity index (χ1) is 8.36. The maximum absolute atomic E-state index is 5.55. The molecule has 1 aliphatic heterocycles. The summed E-state index contributed by atoms with van der Waals surface area (Å²) < 4.78 is 5.55. The summed E-state index contributed by atoms with van der Waals surface area (Å²) in [6.07, 6.45) is 0. The average Bonchev–Trinajstić information content (AvgIpc) is 2.41. The lowest BCUT2D eigenvalue weighted by Crippen LogP contribution is -2.34. The number of rotatable bonds is 1. The SMILES string of the molecule is Cc1ccc([C@H]2COCCN2)c2ccccc12. The molecule has 2 nitrogen and oxygen atoms in total. The van der Waals surface area contributed by atoms with E-state index in [4.69, 9.17) is 4.74 Å². The Morgan fingerprint density at radius 2 is 1.94 bits per heavy atom. The van der Waals surface area contributed by atoms with Crippen LogP contribution in [0.5, 0.6) is 0 Å². The number of fused-ring (bicyclic) bond motifs is 1. The standard InChI is InChI=1S/C15H17NO/c1-11-6-7-14(15-10-17-9-8-16-15)13-5-3-2-4-12(11)13/h2-7,15-16H,8-10H2,1H3/t15-/m1/s1. The number of hydrogen-bond acceptors (Lipinski definition) is 2. The third-order valence-corrected chi connectivity index (χ3v) is 3.47. The van der Waals surface area contributed by atoms with Crippen molar-refractivity contribution in [3.63, 3.8) is 0 Å². The van der Waals surface area contributed by atoms with Crippen molar-refractivity contribution < 1.29 is 4.74 Å². The molecular formula is C15H17NO. The van der Waals surface area contributed by atoms with Gasteiger partial charge in [0.2, 0.25) is 0 Å². The number of ether oxygens (including phenoxy) is 1. The van der Waals surface area contributed by atoms with Crippen LogP contribution >= 0.6 is 0 Å². The first-order valence-electron chi connectivity index (χ1n) is 6.15. The number of hydrogen-bond donors (Lipinski definition) is 1. The van der Waals surface area contributed by atoms with Crippen LogP contribution in [-0.2, 0) is 4.74 Å². The van der Waals surface area contributed by atoms with E-state index in [2.05, 4.69) is 48.6 Å². The van der Waals surface area contributed by atoms with Crippen molar-refractivity contribution in [1.29, 1.82) is 0 Å². The Bertz CT molecular complexity index is 529. The molecule has 1 aliphatic rings. The van der Waals surface area contributed by atoms with Crippen LogP contribution in [0.4, 0.5) is 0 Å². The second-order valence-electron chi connectivity index (χ2n) is 4.60. The first kappa shape index (κ1) is 10.8. The number of morpholine rings is 1. The quantitative estimate of drug-likeness (QED) is 0.809. The molecule has 0 bridgehead atoms. The molecule has 1 fully saturated rings. The number of nitrogens with one attached hydrogen (secondary N) is 1. The van der Waals surface area contributed by atoms with Gasteiger partial charge in [0.1, 0.15) is 0 Å². The Hall–Kier alpha value is -1.38. The lowest BCUT2D eigenvalue weighted by Gasteiger charge is -2.25. The fourth-order valence-corrected chi connectivity index (χ4v) is 2.54. The highest BCUT2D eigenvalue weighted by atomic mass is 16.5. The van der Waals surface area contributed by atoms with Gasteiger partial charge in [0.25, 0.3) is 0 Å². The third-order valence-electron chi connectivity index (χ3n) is 3.47. The lowest BCUT2D eigenvalue weighted by atomic mass is 9.96. The molecule has 0 aliphatic carbocycles. The van der Waals surface area contributed by atoms with E-state index < -0.39 is 0 Å². The van der Waals surface area contributed by atoms with E-state index in [1.54, 1.807) is 0 Å². The van der Waals surface area contributed by atoms with Crippen molar-refractivity contribution in [2.75, 3.05) is 19.8 Å². The monoisotopic (exact) mass is 227 g/mol. The predicted octanol–water partition coefficient (Wildman–Crippen LogP) is 2.81. The lowest BCUT2D eigenvalue weighted by molar-refractivity contribution is 0.0773. The normalized spacial score (nSPS) is 20.6. The summed E-state index contributed by atoms with van der Waals surface area (Å²) in [4.78, 5) is 0. The molecule has 0 spiro atoms. The van der Waals surface area contributed by atoms with Gasteiger partial charge in [0.15, 0.2) is 0 Å². The van der Waals surface area contributed by atoms with Gasteiger partial charge in [-0.15, -0.1) is 0 Å². The van der Waals surface area contributed by atoms with Crippen LogP contribution in [-0.4, -0.2) is 19.8 Å². The van der Waals surface area contributed by atoms with Crippen LogP contribution in [0, 0.1) is 6.92 Å². The fraction of sp³-hybridized carbons (Fsp3) is 0.333. The molecule has 1 heterocycles. The molecule has 2 aromatic rings. The molecule has 2 heteroatoms. The second-order valence-corrected chi connectivity index (χ2v) is 4.60. The summed E-state index contributed by atoms with van der Waals surface area (Å²) in [5.41, 5.74) is 2.69. The topological polar surface area (TPSA) is 21.3 Å². The zero-order valence-electron chi connectivity index (χ0n) is 10.1. The van der Waals surface area contributed by atoms with Crippen LogP contribution in [0.2, 0.25) is 0 Å². The first-order valence-corrected chi connectivity index (χ1v) is 6.15. The highest BCUT2D eigenvalue weighted by Crippen LogP contribution is 2.27. The van der Waals surface area contributed by atoms with Gasteiger partial charge < -0.3 is 10.1 Å². The Morgan fingerprint density at radius 3 is 2.71 bits per heavy atom. The average molecular weight is 227 g/mol. The molecule has 0 amide bonds. The van der Waals surface area contributed by atoms with Crippen LogP contribution in [0.3, 0.4) is 0 Å². The molecule has 3 rings (SSSR count). The minimum absolute atomic E-state index is 0.328. The van der Waals surface area contributed by atoms with Gasteiger partial charge in [-0.2, -0.15) is 0 Å². The van der Waals surface area contributed by atoms with Gasteiger partial charge in [-0.1, -0.05) is 36.4 Å². The van der Waals surface area contributed by atoms with Crippen molar-refractivity contribution in [2.24, 2.45) is 0 Å². The second kappa shape index (κ2) is 4.47. The Morgan fingerprint density at radius 1 is 1.12 bits per heavy atom. The van der Waals surface area contributed by atoms with Crippen LogP contribution in [0.1, 0.15) is 17.2 Å². The van der Waals surface area contributed by atoms with E-state index in [-0.39, 0.29) is 0 Å². The molecule has 88 valence electrons. The molecule has 2 aromatic carbocycles. The summed E-state index contributed by atoms with van der Waals surface area (Å²) in [6, 6.07) is 13.4. The van der Waals surface area contributed by atoms with E-state index in [1.807, 2.05) is 0 Å². The Kier molecular flexibility index (Phi) is 2.83.